The second-order valence-corrected chi connectivity index (χ2v) is 3.25. The Balaban J connectivity index is 3.12. The topological polar surface area (TPSA) is 15.3 Å². The summed E-state index contributed by atoms with van der Waals surface area (Å²) in [4.78, 5) is 2.23. The molecule has 2 nitrogen and oxygen atoms in total. The van der Waals surface area contributed by atoms with Crippen LogP contribution in [0.15, 0.2) is 0 Å². The van der Waals surface area contributed by atoms with E-state index in [0.29, 0.717) is 0 Å². The van der Waals surface area contributed by atoms with Crippen LogP contribution in [0.25, 0.3) is 0 Å². The Morgan fingerprint density at radius 1 is 1.40 bits per heavy atom. The fourth-order valence-electron chi connectivity index (χ4n) is 0.929. The number of nitrogens with one attached hydrogen (secondary N) is 1. The first-order valence-electron chi connectivity index (χ1n) is 3.96. The van der Waals surface area contributed by atoms with Gasteiger partial charge in [0.15, 0.2) is 0 Å². The van der Waals surface area contributed by atoms with Crippen molar-refractivity contribution in [3.63, 3.8) is 0 Å². The second-order valence-electron chi connectivity index (χ2n) is 3.25. The minimum Gasteiger partial charge on any atom is -0.319 e. The van der Waals surface area contributed by atoms with Gasteiger partial charge in [-0.25, -0.2) is 0 Å². The Hall–Kier alpha value is -0.0800. The quantitative estimate of drug-likeness (QED) is 0.614. The van der Waals surface area contributed by atoms with Gasteiger partial charge in [0.2, 0.25) is 0 Å². The van der Waals surface area contributed by atoms with E-state index in [9.17, 15) is 0 Å². The number of hydrogen-bond donors (Lipinski definition) is 1. The lowest BCUT2D eigenvalue weighted by Gasteiger charge is -2.14. The summed E-state index contributed by atoms with van der Waals surface area (Å²) in [7, 11) is 6.24. The summed E-state index contributed by atoms with van der Waals surface area (Å²) in [5.41, 5.74) is 0. The SMILES string of the molecule is CNCC(C)CCN(C)C. The van der Waals surface area contributed by atoms with Crippen LogP contribution in [0.3, 0.4) is 0 Å². The van der Waals surface area contributed by atoms with Gasteiger partial charge in [-0.15, -0.1) is 0 Å². The van der Waals surface area contributed by atoms with E-state index in [-0.39, 0.29) is 0 Å². The first-order chi connectivity index (χ1) is 4.66. The van der Waals surface area contributed by atoms with Crippen LogP contribution in [0.2, 0.25) is 0 Å². The van der Waals surface area contributed by atoms with Gasteiger partial charge in [0.25, 0.3) is 0 Å². The van der Waals surface area contributed by atoms with E-state index < -0.39 is 0 Å². The van der Waals surface area contributed by atoms with Gasteiger partial charge in [-0.2, -0.15) is 0 Å². The Labute approximate surface area is 64.6 Å². The van der Waals surface area contributed by atoms with E-state index in [1.165, 1.54) is 13.0 Å². The van der Waals surface area contributed by atoms with E-state index >= 15 is 0 Å². The largest absolute Gasteiger partial charge is 0.319 e. The molecule has 1 atom stereocenters. The van der Waals surface area contributed by atoms with Crippen molar-refractivity contribution in [1.29, 1.82) is 0 Å². The summed E-state index contributed by atoms with van der Waals surface area (Å²) in [6.07, 6.45) is 1.29. The maximum Gasteiger partial charge on any atom is -0.00218 e. The van der Waals surface area contributed by atoms with Crippen LogP contribution in [0.5, 0.6) is 0 Å². The highest BCUT2D eigenvalue weighted by Gasteiger charge is 1.99. The first kappa shape index (κ1) is 9.92. The van der Waals surface area contributed by atoms with Gasteiger partial charge in [0.1, 0.15) is 0 Å². The van der Waals surface area contributed by atoms with Crippen LogP contribution in [0.4, 0.5) is 0 Å². The Kier molecular flexibility index (Phi) is 5.64. The smallest absolute Gasteiger partial charge is 0.00218 e. The third kappa shape index (κ3) is 6.05. The van der Waals surface area contributed by atoms with Crippen molar-refractivity contribution < 1.29 is 0 Å². The van der Waals surface area contributed by atoms with Crippen molar-refractivity contribution in [3.8, 4) is 0 Å². The highest BCUT2D eigenvalue weighted by Crippen LogP contribution is 1.99. The summed E-state index contributed by atoms with van der Waals surface area (Å²) in [6, 6.07) is 0. The van der Waals surface area contributed by atoms with E-state index in [1.54, 1.807) is 0 Å². The molecular formula is C8H20N2. The van der Waals surface area contributed by atoms with Crippen molar-refractivity contribution in [3.05, 3.63) is 0 Å². The van der Waals surface area contributed by atoms with Gasteiger partial charge in [-0.1, -0.05) is 6.92 Å². The first-order valence-corrected chi connectivity index (χ1v) is 3.96. The molecule has 0 amide bonds. The molecule has 62 valence electrons. The highest BCUT2D eigenvalue weighted by atomic mass is 15.0. The molecule has 0 aliphatic carbocycles. The van der Waals surface area contributed by atoms with E-state index in [4.69, 9.17) is 0 Å². The van der Waals surface area contributed by atoms with Crippen LogP contribution in [0.1, 0.15) is 13.3 Å². The molecule has 2 heteroatoms. The Morgan fingerprint density at radius 2 is 2.00 bits per heavy atom. The zero-order valence-electron chi connectivity index (χ0n) is 7.65. The van der Waals surface area contributed by atoms with Gasteiger partial charge in [-0.05, 0) is 46.6 Å². The van der Waals surface area contributed by atoms with Crippen molar-refractivity contribution in [2.24, 2.45) is 5.92 Å². The molecule has 0 saturated carbocycles. The Morgan fingerprint density at radius 3 is 2.40 bits per heavy atom. The standard InChI is InChI=1S/C8H20N2/c1-8(7-9-2)5-6-10(3)4/h8-9H,5-7H2,1-4H3. The van der Waals surface area contributed by atoms with Crippen LogP contribution < -0.4 is 5.32 Å². The summed E-state index contributed by atoms with van der Waals surface area (Å²) in [5, 5.41) is 3.17. The summed E-state index contributed by atoms with van der Waals surface area (Å²) in [5.74, 6) is 0.799. The summed E-state index contributed by atoms with van der Waals surface area (Å²) >= 11 is 0. The molecule has 1 unspecified atom stereocenters. The molecule has 0 aromatic rings. The fourth-order valence-corrected chi connectivity index (χ4v) is 0.929. The van der Waals surface area contributed by atoms with Crippen LogP contribution in [0, 0.1) is 5.92 Å². The molecule has 1 N–H and O–H groups in total. The zero-order chi connectivity index (χ0) is 7.98. The molecule has 0 spiro atoms. The zero-order valence-corrected chi connectivity index (χ0v) is 7.65. The fraction of sp³-hybridized carbons (Fsp3) is 1.00. The van der Waals surface area contributed by atoms with Crippen molar-refractivity contribution >= 4 is 0 Å². The molecule has 10 heavy (non-hydrogen) atoms. The average Bonchev–Trinajstić information content (AvgIpc) is 1.85. The third-order valence-electron chi connectivity index (χ3n) is 1.62. The third-order valence-corrected chi connectivity index (χ3v) is 1.62. The molecule has 0 rings (SSSR count). The molecule has 0 bridgehead atoms. The van der Waals surface area contributed by atoms with E-state index in [0.717, 1.165) is 12.5 Å². The van der Waals surface area contributed by atoms with Crippen molar-refractivity contribution in [1.82, 2.24) is 10.2 Å². The van der Waals surface area contributed by atoms with Gasteiger partial charge in [0, 0.05) is 0 Å². The van der Waals surface area contributed by atoms with E-state index in [1.807, 2.05) is 7.05 Å². The number of hydrogen-bond acceptors (Lipinski definition) is 2. The molecular weight excluding hydrogens is 124 g/mol. The monoisotopic (exact) mass is 144 g/mol. The van der Waals surface area contributed by atoms with Gasteiger partial charge in [0.05, 0.1) is 0 Å². The molecule has 0 aliphatic heterocycles. The summed E-state index contributed by atoms with van der Waals surface area (Å²) < 4.78 is 0. The minimum atomic E-state index is 0.799. The average molecular weight is 144 g/mol. The molecule has 0 fully saturated rings. The normalized spacial score (nSPS) is 14.1. The molecule has 0 radical (unpaired) electrons. The minimum absolute atomic E-state index is 0.799. The van der Waals surface area contributed by atoms with Crippen molar-refractivity contribution in [2.45, 2.75) is 13.3 Å². The van der Waals surface area contributed by atoms with Crippen LogP contribution in [-0.4, -0.2) is 39.1 Å². The highest BCUT2D eigenvalue weighted by molar-refractivity contribution is 4.56. The maximum absolute atomic E-state index is 3.17. The van der Waals surface area contributed by atoms with Gasteiger partial charge < -0.3 is 10.2 Å². The van der Waals surface area contributed by atoms with Gasteiger partial charge in [-0.3, -0.25) is 0 Å². The molecule has 0 aromatic carbocycles. The predicted molar refractivity (Wildman–Crippen MR) is 46.3 cm³/mol. The second kappa shape index (κ2) is 5.69. The Bertz CT molecular complexity index is 71.7. The summed E-state index contributed by atoms with van der Waals surface area (Å²) in [6.45, 7) is 4.61. The van der Waals surface area contributed by atoms with Crippen LogP contribution >= 0.6 is 0 Å². The molecule has 0 heterocycles. The maximum atomic E-state index is 3.17. The molecule has 0 aromatic heterocycles. The van der Waals surface area contributed by atoms with E-state index in [2.05, 4.69) is 31.2 Å². The molecule has 0 saturated heterocycles. The lowest BCUT2D eigenvalue weighted by Crippen LogP contribution is -2.21. The predicted octanol–water partition coefficient (Wildman–Crippen LogP) is 0.794. The lowest BCUT2D eigenvalue weighted by molar-refractivity contribution is 0.356. The number of rotatable bonds is 5. The number of nitrogens with zero attached hydrogens (tertiary/aromatic N) is 1. The van der Waals surface area contributed by atoms with Gasteiger partial charge >= 0.3 is 0 Å². The van der Waals surface area contributed by atoms with Crippen LogP contribution in [-0.2, 0) is 0 Å². The molecule has 0 aliphatic rings. The lowest BCUT2D eigenvalue weighted by atomic mass is 10.1. The van der Waals surface area contributed by atoms with Crippen molar-refractivity contribution in [2.75, 3.05) is 34.2 Å².